The number of carbonyl (C=O) groups is 2. The Morgan fingerprint density at radius 2 is 1.50 bits per heavy atom. The maximum Gasteiger partial charge on any atom is 0.323 e. The Hall–Kier alpha value is -5.64. The fourth-order valence-electron chi connectivity index (χ4n) is 5.61. The van der Waals surface area contributed by atoms with Crippen molar-refractivity contribution in [2.75, 3.05) is 31.5 Å². The van der Waals surface area contributed by atoms with Gasteiger partial charge in [-0.25, -0.2) is 4.79 Å². The van der Waals surface area contributed by atoms with Crippen molar-refractivity contribution >= 4 is 29.3 Å². The number of hydrogen-bond acceptors (Lipinski definition) is 8. The zero-order chi connectivity index (χ0) is 32.4. The minimum Gasteiger partial charge on any atom is -0.507 e. The van der Waals surface area contributed by atoms with Crippen LogP contribution in [-0.4, -0.2) is 49.5 Å². The van der Waals surface area contributed by atoms with Gasteiger partial charge in [0, 0.05) is 29.1 Å². The molecule has 3 aliphatic heterocycles. The van der Waals surface area contributed by atoms with Gasteiger partial charge in [0.25, 0.3) is 0 Å². The normalized spacial score (nSPS) is 17.9. The van der Waals surface area contributed by atoms with Crippen LogP contribution in [0.4, 0.5) is 16.2 Å². The van der Waals surface area contributed by atoms with Gasteiger partial charge < -0.3 is 39.4 Å². The molecule has 10 nitrogen and oxygen atoms in total. The number of rotatable bonds is 4. The predicted octanol–water partition coefficient (Wildman–Crippen LogP) is 7.04. The van der Waals surface area contributed by atoms with Crippen molar-refractivity contribution in [1.29, 1.82) is 0 Å². The molecule has 2 amide bonds. The highest BCUT2D eigenvalue weighted by Crippen LogP contribution is 2.52. The zero-order valence-corrected chi connectivity index (χ0v) is 25.8. The third-order valence-electron chi connectivity index (χ3n) is 7.77. The van der Waals surface area contributed by atoms with Crippen LogP contribution in [0, 0.1) is 0 Å². The number of para-hydroxylation sites is 2. The number of methoxy groups -OCH3 is 2. The Morgan fingerprint density at radius 1 is 0.891 bits per heavy atom. The van der Waals surface area contributed by atoms with Gasteiger partial charge in [-0.1, -0.05) is 36.4 Å². The Balaban J connectivity index is 0.000000196. The number of hydrogen-bond donors (Lipinski definition) is 3. The van der Waals surface area contributed by atoms with Crippen LogP contribution >= 0.6 is 0 Å². The summed E-state index contributed by atoms with van der Waals surface area (Å²) >= 11 is 0. The number of phenolic OH excluding ortho intramolecular Hbond substituents is 1. The Bertz CT molecular complexity index is 1760. The third kappa shape index (κ3) is 6.01. The second kappa shape index (κ2) is 12.4. The fraction of sp³-hybridized carbons (Fsp3) is 0.222. The van der Waals surface area contributed by atoms with Crippen molar-refractivity contribution in [3.63, 3.8) is 0 Å². The molecule has 0 spiro atoms. The first-order valence-electron chi connectivity index (χ1n) is 14.7. The van der Waals surface area contributed by atoms with Crippen molar-refractivity contribution in [3.05, 3.63) is 102 Å². The number of aromatic hydroxyl groups is 1. The van der Waals surface area contributed by atoms with Crippen molar-refractivity contribution in [2.24, 2.45) is 0 Å². The smallest absolute Gasteiger partial charge is 0.323 e. The summed E-state index contributed by atoms with van der Waals surface area (Å²) in [6.45, 7) is 4.02. The SMILES string of the molecule is COc1cc2c(cc1OC)C1C(=O)c3c(O)cc4c(c3OC1CO2)C=CC(C)(C)O4.O=C(Nc1ccccc1)Nc1ccccc1. The molecule has 7 rings (SSSR count). The Kier molecular flexibility index (Phi) is 8.19. The monoisotopic (exact) mass is 622 g/mol. The quantitative estimate of drug-likeness (QED) is 0.221. The predicted molar refractivity (Wildman–Crippen MR) is 174 cm³/mol. The van der Waals surface area contributed by atoms with Crippen molar-refractivity contribution in [3.8, 4) is 34.5 Å². The molecular weight excluding hydrogens is 588 g/mol. The number of Topliss-reactive ketones (excluding diaryl/α,β-unsaturated/α-hetero) is 1. The van der Waals surface area contributed by atoms with Crippen LogP contribution in [0.25, 0.3) is 6.08 Å². The van der Waals surface area contributed by atoms with Gasteiger partial charge >= 0.3 is 6.03 Å². The molecule has 4 aromatic carbocycles. The van der Waals surface area contributed by atoms with Crippen LogP contribution in [0.15, 0.2) is 84.9 Å². The number of ketones is 1. The molecule has 46 heavy (non-hydrogen) atoms. The van der Waals surface area contributed by atoms with Gasteiger partial charge in [0.2, 0.25) is 0 Å². The van der Waals surface area contributed by atoms with E-state index in [0.717, 1.165) is 11.4 Å². The maximum atomic E-state index is 13.6. The minimum absolute atomic E-state index is 0.158. The van der Waals surface area contributed by atoms with Crippen LogP contribution in [-0.2, 0) is 0 Å². The van der Waals surface area contributed by atoms with Crippen molar-refractivity contribution in [1.82, 2.24) is 0 Å². The number of amides is 2. The van der Waals surface area contributed by atoms with Crippen LogP contribution in [0.1, 0.15) is 41.3 Å². The van der Waals surface area contributed by atoms with E-state index in [9.17, 15) is 14.7 Å². The average Bonchev–Trinajstić information content (AvgIpc) is 3.04. The highest BCUT2D eigenvalue weighted by atomic mass is 16.5. The molecule has 0 saturated carbocycles. The molecule has 2 unspecified atom stereocenters. The lowest BCUT2D eigenvalue weighted by molar-refractivity contribution is 0.0547. The van der Waals surface area contributed by atoms with Gasteiger partial charge in [-0.05, 0) is 56.3 Å². The van der Waals surface area contributed by atoms with Gasteiger partial charge in [-0.2, -0.15) is 0 Å². The summed E-state index contributed by atoms with van der Waals surface area (Å²) in [5.74, 6) is 1.34. The maximum absolute atomic E-state index is 13.6. The zero-order valence-electron chi connectivity index (χ0n) is 25.8. The number of carbonyl (C=O) groups excluding carboxylic acids is 2. The van der Waals surface area contributed by atoms with E-state index in [1.165, 1.54) is 13.2 Å². The molecule has 236 valence electrons. The molecule has 0 fully saturated rings. The van der Waals surface area contributed by atoms with Gasteiger partial charge in [-0.3, -0.25) is 4.79 Å². The summed E-state index contributed by atoms with van der Waals surface area (Å²) in [4.78, 5) is 25.1. The van der Waals surface area contributed by atoms with E-state index in [-0.39, 0.29) is 29.7 Å². The average molecular weight is 623 g/mol. The summed E-state index contributed by atoms with van der Waals surface area (Å²) in [5.41, 5.74) is 2.48. The molecule has 2 atom stereocenters. The lowest BCUT2D eigenvalue weighted by atomic mass is 9.80. The van der Waals surface area contributed by atoms with E-state index in [2.05, 4.69) is 10.6 Å². The summed E-state index contributed by atoms with van der Waals surface area (Å²) < 4.78 is 28.8. The van der Waals surface area contributed by atoms with Crippen molar-refractivity contribution < 1.29 is 38.4 Å². The first kappa shape index (κ1) is 30.4. The molecule has 4 aromatic rings. The number of phenols is 1. The number of benzene rings is 4. The molecule has 0 saturated heterocycles. The van der Waals surface area contributed by atoms with E-state index in [1.54, 1.807) is 19.2 Å². The van der Waals surface area contributed by atoms with Crippen LogP contribution in [0.3, 0.4) is 0 Å². The highest BCUT2D eigenvalue weighted by Gasteiger charge is 2.46. The van der Waals surface area contributed by atoms with Gasteiger partial charge in [0.05, 0.1) is 25.7 Å². The second-order valence-corrected chi connectivity index (χ2v) is 11.4. The standard InChI is InChI=1S/C23H22O7.C13H12N2O/c1-23(2)6-5-11-15(30-23)8-13(24)20-21(25)19-12-7-16(26-3)17(27-4)9-14(12)28-10-18(19)29-22(11)20;16-13(14-11-7-3-1-4-8-11)15-12-9-5-2-6-10-12/h5-9,18-19,24H,10H2,1-4H3;1-10H,(H2,14,15,16). The third-order valence-corrected chi connectivity index (χ3v) is 7.77. The molecular formula is C36H34N2O8. The van der Waals surface area contributed by atoms with E-state index in [1.807, 2.05) is 86.7 Å². The summed E-state index contributed by atoms with van der Waals surface area (Å²) in [7, 11) is 3.07. The molecule has 0 bridgehead atoms. The molecule has 3 aliphatic rings. The second-order valence-electron chi connectivity index (χ2n) is 11.4. The largest absolute Gasteiger partial charge is 0.507 e. The highest BCUT2D eigenvalue weighted by molar-refractivity contribution is 6.08. The van der Waals surface area contributed by atoms with Crippen LogP contribution in [0.2, 0.25) is 0 Å². The van der Waals surface area contributed by atoms with Gasteiger partial charge in [0.1, 0.15) is 46.9 Å². The van der Waals surface area contributed by atoms with E-state index < -0.39 is 17.6 Å². The van der Waals surface area contributed by atoms with Crippen LogP contribution < -0.4 is 34.3 Å². The Labute approximate surface area is 266 Å². The van der Waals surface area contributed by atoms with E-state index in [4.69, 9.17) is 23.7 Å². The summed E-state index contributed by atoms with van der Waals surface area (Å²) in [5, 5.41) is 16.2. The molecule has 0 radical (unpaired) electrons. The fourth-order valence-corrected chi connectivity index (χ4v) is 5.61. The minimum atomic E-state index is -0.630. The Morgan fingerprint density at radius 3 is 2.11 bits per heavy atom. The first-order chi connectivity index (χ1) is 22.2. The number of anilines is 2. The van der Waals surface area contributed by atoms with Gasteiger partial charge in [-0.15, -0.1) is 0 Å². The van der Waals surface area contributed by atoms with Gasteiger partial charge in [0.15, 0.2) is 17.3 Å². The number of nitrogens with one attached hydrogen (secondary N) is 2. The number of fused-ring (bicyclic) bond motifs is 6. The molecule has 3 N–H and O–H groups in total. The van der Waals surface area contributed by atoms with E-state index >= 15 is 0 Å². The molecule has 0 aliphatic carbocycles. The number of urea groups is 1. The molecule has 10 heteroatoms. The lowest BCUT2D eigenvalue weighted by Gasteiger charge is -2.39. The van der Waals surface area contributed by atoms with Crippen LogP contribution in [0.5, 0.6) is 34.5 Å². The molecule has 0 aromatic heterocycles. The summed E-state index contributed by atoms with van der Waals surface area (Å²) in [6, 6.07) is 23.3. The molecule has 3 heterocycles. The van der Waals surface area contributed by atoms with E-state index in [0.29, 0.717) is 39.9 Å². The lowest BCUT2D eigenvalue weighted by Crippen LogP contribution is -2.43. The summed E-state index contributed by atoms with van der Waals surface area (Å²) in [6.07, 6.45) is 3.23. The van der Waals surface area contributed by atoms with Crippen molar-refractivity contribution in [2.45, 2.75) is 31.5 Å². The topological polar surface area (TPSA) is 125 Å². The first-order valence-corrected chi connectivity index (χ1v) is 14.7. The number of ether oxygens (including phenoxy) is 5.